The number of benzene rings is 1. The quantitative estimate of drug-likeness (QED) is 0.731. The molecule has 0 fully saturated rings. The van der Waals surface area contributed by atoms with E-state index in [4.69, 9.17) is 0 Å². The predicted octanol–water partition coefficient (Wildman–Crippen LogP) is 2.29. The molecule has 2 N–H and O–H groups in total. The van der Waals surface area contributed by atoms with Crippen molar-refractivity contribution < 1.29 is 5.11 Å². The van der Waals surface area contributed by atoms with Crippen molar-refractivity contribution in [2.24, 2.45) is 0 Å². The first-order chi connectivity index (χ1) is 11.7. The number of nitrogens with one attached hydrogen (secondary N) is 1. The summed E-state index contributed by atoms with van der Waals surface area (Å²) in [6.07, 6.45) is 5.19. The average molecular weight is 321 g/mol. The lowest BCUT2D eigenvalue weighted by Crippen LogP contribution is -2.22. The van der Waals surface area contributed by atoms with E-state index in [2.05, 4.69) is 10.3 Å². The lowest BCUT2D eigenvalue weighted by atomic mass is 10.2. The Hall–Kier alpha value is -2.92. The van der Waals surface area contributed by atoms with Crippen molar-refractivity contribution in [3.8, 4) is 5.75 Å². The summed E-state index contributed by atoms with van der Waals surface area (Å²) in [6, 6.07) is 15.3. The monoisotopic (exact) mass is 321 g/mol. The highest BCUT2D eigenvalue weighted by Crippen LogP contribution is 2.11. The molecule has 0 atom stereocenters. The maximum atomic E-state index is 12.3. The molecular formula is C19H19N3O2. The standard InChI is InChI=1S/C19H19N3O2/c23-18-17(13-21-12-15-6-9-20-10-7-15)8-11-22(19(18)24)14-16-4-2-1-3-5-16/h1-11,21,23H,12-14H2. The molecule has 0 aliphatic heterocycles. The second-order valence-electron chi connectivity index (χ2n) is 5.57. The molecule has 0 aliphatic carbocycles. The van der Waals surface area contributed by atoms with E-state index in [1.165, 1.54) is 4.57 Å². The third kappa shape index (κ3) is 3.88. The van der Waals surface area contributed by atoms with Gasteiger partial charge in [-0.15, -0.1) is 0 Å². The van der Waals surface area contributed by atoms with Gasteiger partial charge in [-0.2, -0.15) is 0 Å². The summed E-state index contributed by atoms with van der Waals surface area (Å²) in [5.74, 6) is -0.198. The Balaban J connectivity index is 1.67. The number of rotatable bonds is 6. The lowest BCUT2D eigenvalue weighted by molar-refractivity contribution is 0.448. The largest absolute Gasteiger partial charge is 0.503 e. The molecule has 0 spiro atoms. The number of aromatic hydroxyl groups is 1. The molecule has 0 radical (unpaired) electrons. The molecule has 0 amide bonds. The van der Waals surface area contributed by atoms with Gasteiger partial charge < -0.3 is 15.0 Å². The molecule has 24 heavy (non-hydrogen) atoms. The molecule has 2 aromatic heterocycles. The number of hydrogen-bond acceptors (Lipinski definition) is 4. The molecule has 0 bridgehead atoms. The normalized spacial score (nSPS) is 10.7. The highest BCUT2D eigenvalue weighted by atomic mass is 16.3. The molecule has 3 aromatic rings. The van der Waals surface area contributed by atoms with Gasteiger partial charge in [0.2, 0.25) is 0 Å². The van der Waals surface area contributed by atoms with Gasteiger partial charge in [0.25, 0.3) is 5.56 Å². The van der Waals surface area contributed by atoms with Crippen molar-refractivity contribution in [2.45, 2.75) is 19.6 Å². The van der Waals surface area contributed by atoms with Gasteiger partial charge in [-0.3, -0.25) is 9.78 Å². The van der Waals surface area contributed by atoms with Gasteiger partial charge in [0.1, 0.15) is 0 Å². The van der Waals surface area contributed by atoms with Crippen LogP contribution in [0.25, 0.3) is 0 Å². The third-order valence-electron chi connectivity index (χ3n) is 3.81. The van der Waals surface area contributed by atoms with E-state index in [1.807, 2.05) is 42.5 Å². The minimum Gasteiger partial charge on any atom is -0.503 e. The molecule has 5 nitrogen and oxygen atoms in total. The van der Waals surface area contributed by atoms with E-state index in [-0.39, 0.29) is 11.3 Å². The van der Waals surface area contributed by atoms with Crippen LogP contribution in [0.3, 0.4) is 0 Å². The maximum Gasteiger partial charge on any atom is 0.293 e. The average Bonchev–Trinajstić information content (AvgIpc) is 2.63. The van der Waals surface area contributed by atoms with E-state index in [1.54, 1.807) is 24.7 Å². The fourth-order valence-electron chi connectivity index (χ4n) is 2.49. The number of pyridine rings is 2. The molecule has 0 saturated heterocycles. The van der Waals surface area contributed by atoms with Gasteiger partial charge >= 0.3 is 0 Å². The second kappa shape index (κ2) is 7.57. The third-order valence-corrected chi connectivity index (χ3v) is 3.81. The zero-order valence-electron chi connectivity index (χ0n) is 13.2. The molecule has 5 heteroatoms. The van der Waals surface area contributed by atoms with Crippen molar-refractivity contribution in [1.29, 1.82) is 0 Å². The Morgan fingerprint density at radius 2 is 1.71 bits per heavy atom. The van der Waals surface area contributed by atoms with Crippen LogP contribution in [0, 0.1) is 0 Å². The van der Waals surface area contributed by atoms with Crippen molar-refractivity contribution >= 4 is 0 Å². The van der Waals surface area contributed by atoms with Gasteiger partial charge in [0, 0.05) is 37.2 Å². The summed E-state index contributed by atoms with van der Waals surface area (Å²) in [5, 5.41) is 13.4. The molecule has 0 unspecified atom stereocenters. The molecule has 122 valence electrons. The Morgan fingerprint density at radius 1 is 0.958 bits per heavy atom. The molecule has 0 aliphatic rings. The minimum absolute atomic E-state index is 0.198. The van der Waals surface area contributed by atoms with Crippen LogP contribution in [-0.4, -0.2) is 14.7 Å². The van der Waals surface area contributed by atoms with Gasteiger partial charge in [0.15, 0.2) is 5.75 Å². The van der Waals surface area contributed by atoms with Crippen molar-refractivity contribution in [2.75, 3.05) is 0 Å². The van der Waals surface area contributed by atoms with E-state index in [0.717, 1.165) is 11.1 Å². The first-order valence-corrected chi connectivity index (χ1v) is 7.79. The summed E-state index contributed by atoms with van der Waals surface area (Å²) in [4.78, 5) is 16.3. The van der Waals surface area contributed by atoms with E-state index in [0.29, 0.717) is 25.2 Å². The van der Waals surface area contributed by atoms with Crippen molar-refractivity contribution in [3.05, 3.63) is 94.2 Å². The second-order valence-corrected chi connectivity index (χ2v) is 5.57. The fraction of sp³-hybridized carbons (Fsp3) is 0.158. The molecular weight excluding hydrogens is 302 g/mol. The minimum atomic E-state index is -0.373. The highest BCUT2D eigenvalue weighted by Gasteiger charge is 2.09. The van der Waals surface area contributed by atoms with Crippen LogP contribution in [0.2, 0.25) is 0 Å². The lowest BCUT2D eigenvalue weighted by Gasteiger charge is -2.10. The molecule has 3 rings (SSSR count). The SMILES string of the molecule is O=c1c(O)c(CNCc2ccncc2)ccn1Cc1ccccc1. The summed E-state index contributed by atoms with van der Waals surface area (Å²) >= 11 is 0. The van der Waals surface area contributed by atoms with Gasteiger partial charge in [-0.25, -0.2) is 0 Å². The zero-order chi connectivity index (χ0) is 16.8. The predicted molar refractivity (Wildman–Crippen MR) is 92.7 cm³/mol. The van der Waals surface area contributed by atoms with Crippen LogP contribution in [0.1, 0.15) is 16.7 Å². The Kier molecular flexibility index (Phi) is 5.03. The van der Waals surface area contributed by atoms with Crippen molar-refractivity contribution in [3.63, 3.8) is 0 Å². The van der Waals surface area contributed by atoms with Crippen LogP contribution < -0.4 is 10.9 Å². The fourth-order valence-corrected chi connectivity index (χ4v) is 2.49. The van der Waals surface area contributed by atoms with Crippen LogP contribution in [0.4, 0.5) is 0 Å². The van der Waals surface area contributed by atoms with Gasteiger partial charge in [-0.1, -0.05) is 30.3 Å². The smallest absolute Gasteiger partial charge is 0.293 e. The Bertz CT molecular complexity index is 845. The maximum absolute atomic E-state index is 12.3. The van der Waals surface area contributed by atoms with Gasteiger partial charge in [-0.05, 0) is 29.3 Å². The Labute approximate surface area is 140 Å². The zero-order valence-corrected chi connectivity index (χ0v) is 13.2. The first-order valence-electron chi connectivity index (χ1n) is 7.79. The van der Waals surface area contributed by atoms with Crippen LogP contribution in [0.5, 0.6) is 5.75 Å². The summed E-state index contributed by atoms with van der Waals surface area (Å²) in [5.41, 5.74) is 2.34. The Morgan fingerprint density at radius 3 is 2.46 bits per heavy atom. The highest BCUT2D eigenvalue weighted by molar-refractivity contribution is 5.29. The number of aromatic nitrogens is 2. The van der Waals surface area contributed by atoms with Gasteiger partial charge in [0.05, 0.1) is 6.54 Å². The molecule has 1 aromatic carbocycles. The van der Waals surface area contributed by atoms with E-state index >= 15 is 0 Å². The van der Waals surface area contributed by atoms with E-state index in [9.17, 15) is 9.90 Å². The summed E-state index contributed by atoms with van der Waals surface area (Å²) in [7, 11) is 0. The topological polar surface area (TPSA) is 67.2 Å². The molecule has 0 saturated carbocycles. The summed E-state index contributed by atoms with van der Waals surface area (Å²) < 4.78 is 1.51. The number of hydrogen-bond donors (Lipinski definition) is 2. The number of nitrogens with zero attached hydrogens (tertiary/aromatic N) is 2. The first kappa shape index (κ1) is 16.0. The molecule has 2 heterocycles. The van der Waals surface area contributed by atoms with Crippen LogP contribution >= 0.6 is 0 Å². The van der Waals surface area contributed by atoms with Crippen molar-refractivity contribution in [1.82, 2.24) is 14.9 Å². The van der Waals surface area contributed by atoms with Crippen LogP contribution in [-0.2, 0) is 19.6 Å². The summed E-state index contributed by atoms with van der Waals surface area (Å²) in [6.45, 7) is 1.52. The van der Waals surface area contributed by atoms with Crippen LogP contribution in [0.15, 0.2) is 71.9 Å². The van der Waals surface area contributed by atoms with E-state index < -0.39 is 0 Å².